The van der Waals surface area contributed by atoms with Crippen LogP contribution >= 0.6 is 0 Å². The average molecular weight is 360 g/mol. The van der Waals surface area contributed by atoms with Gasteiger partial charge >= 0.3 is 0 Å². The summed E-state index contributed by atoms with van der Waals surface area (Å²) in [4.78, 5) is 27.0. The standard InChI is InChI=1S/C21H16N2O4/c1-13(24)22-15-4-2-14(3-5-15)12-26-17-7-9-19-21(11-17)27-20-10-16(25)6-8-18(20)23-19/h2-11H,12H2,1H3,(H,22,24). The second-order valence-corrected chi connectivity index (χ2v) is 6.14. The van der Waals surface area contributed by atoms with Gasteiger partial charge in [-0.3, -0.25) is 9.59 Å². The van der Waals surface area contributed by atoms with Crippen LogP contribution in [0.2, 0.25) is 0 Å². The molecule has 0 atom stereocenters. The van der Waals surface area contributed by atoms with Gasteiger partial charge in [0.2, 0.25) is 5.91 Å². The molecule has 1 heterocycles. The van der Waals surface area contributed by atoms with Gasteiger partial charge in [-0.2, -0.15) is 0 Å². The maximum absolute atomic E-state index is 11.5. The lowest BCUT2D eigenvalue weighted by Gasteiger charge is -2.09. The molecule has 2 aromatic rings. The first-order valence-electron chi connectivity index (χ1n) is 8.41. The van der Waals surface area contributed by atoms with Crippen LogP contribution in [0.25, 0.3) is 22.6 Å². The number of aromatic nitrogens is 1. The Morgan fingerprint density at radius 1 is 1.07 bits per heavy atom. The largest absolute Gasteiger partial charge is 0.489 e. The van der Waals surface area contributed by atoms with Gasteiger partial charge in [0.25, 0.3) is 0 Å². The van der Waals surface area contributed by atoms with E-state index in [4.69, 9.17) is 9.15 Å². The molecule has 27 heavy (non-hydrogen) atoms. The number of fused-ring (bicyclic) bond motifs is 2. The number of hydrogen-bond donors (Lipinski definition) is 1. The van der Waals surface area contributed by atoms with Gasteiger partial charge in [0.15, 0.2) is 16.8 Å². The third-order valence-corrected chi connectivity index (χ3v) is 4.00. The lowest BCUT2D eigenvalue weighted by molar-refractivity contribution is -0.114. The average Bonchev–Trinajstić information content (AvgIpc) is 2.65. The molecule has 0 saturated heterocycles. The highest BCUT2D eigenvalue weighted by molar-refractivity contribution is 5.88. The van der Waals surface area contributed by atoms with Crippen molar-refractivity contribution in [3.63, 3.8) is 0 Å². The van der Waals surface area contributed by atoms with Crippen molar-refractivity contribution in [2.24, 2.45) is 0 Å². The summed E-state index contributed by atoms with van der Waals surface area (Å²) in [6.07, 6.45) is 0. The Bertz CT molecular complexity index is 1150. The number of hydrogen-bond acceptors (Lipinski definition) is 5. The van der Waals surface area contributed by atoms with E-state index < -0.39 is 0 Å². The maximum Gasteiger partial charge on any atom is 0.221 e. The molecule has 0 saturated carbocycles. The number of benzene rings is 3. The predicted octanol–water partition coefficient (Wildman–Crippen LogP) is 3.83. The van der Waals surface area contributed by atoms with Crippen LogP contribution in [0.1, 0.15) is 12.5 Å². The fraction of sp³-hybridized carbons (Fsp3) is 0.0952. The van der Waals surface area contributed by atoms with Crippen molar-refractivity contribution in [3.8, 4) is 17.2 Å². The molecule has 1 N–H and O–H groups in total. The molecular formula is C21H16N2O4. The summed E-state index contributed by atoms with van der Waals surface area (Å²) in [6, 6.07) is 17.4. The Hall–Kier alpha value is -3.67. The summed E-state index contributed by atoms with van der Waals surface area (Å²) in [5, 5.41) is 2.72. The molecule has 0 fully saturated rings. The minimum Gasteiger partial charge on any atom is -0.489 e. The molecule has 134 valence electrons. The first kappa shape index (κ1) is 16.8. The van der Waals surface area contributed by atoms with E-state index in [-0.39, 0.29) is 11.3 Å². The van der Waals surface area contributed by atoms with Crippen molar-refractivity contribution in [3.05, 3.63) is 76.5 Å². The maximum atomic E-state index is 11.5. The van der Waals surface area contributed by atoms with Gasteiger partial charge in [-0.05, 0) is 42.0 Å². The van der Waals surface area contributed by atoms with E-state index in [1.165, 1.54) is 19.1 Å². The number of ether oxygens (including phenoxy) is 1. The molecule has 0 unspecified atom stereocenters. The Kier molecular flexibility index (Phi) is 4.30. The molecule has 2 aliphatic rings. The van der Waals surface area contributed by atoms with Crippen molar-refractivity contribution < 1.29 is 13.9 Å². The van der Waals surface area contributed by atoms with E-state index in [0.717, 1.165) is 11.3 Å². The molecule has 6 heteroatoms. The van der Waals surface area contributed by atoms with Crippen LogP contribution in [-0.4, -0.2) is 10.9 Å². The zero-order valence-corrected chi connectivity index (χ0v) is 14.6. The van der Waals surface area contributed by atoms with Gasteiger partial charge in [0.05, 0.1) is 0 Å². The van der Waals surface area contributed by atoms with Crippen molar-refractivity contribution >= 4 is 22.7 Å². The Morgan fingerprint density at radius 2 is 1.89 bits per heavy atom. The Labute approximate surface area is 154 Å². The van der Waals surface area contributed by atoms with Gasteiger partial charge in [-0.15, -0.1) is 0 Å². The van der Waals surface area contributed by atoms with Crippen LogP contribution in [-0.2, 0) is 11.4 Å². The lowest BCUT2D eigenvalue weighted by Crippen LogP contribution is -2.05. The molecular weight excluding hydrogens is 344 g/mol. The number of carbonyl (C=O) groups excluding carboxylic acids is 1. The lowest BCUT2D eigenvalue weighted by atomic mass is 10.2. The molecule has 0 spiro atoms. The highest BCUT2D eigenvalue weighted by Gasteiger charge is 2.10. The monoisotopic (exact) mass is 360 g/mol. The minimum atomic E-state index is -0.123. The van der Waals surface area contributed by atoms with Crippen molar-refractivity contribution in [2.75, 3.05) is 5.32 Å². The quantitative estimate of drug-likeness (QED) is 0.559. The normalized spacial score (nSPS) is 10.9. The SMILES string of the molecule is CC(=O)Nc1ccc(COc2ccc3nc4ccc(=O)cc-4oc3c2)cc1. The second-order valence-electron chi connectivity index (χ2n) is 6.14. The van der Waals surface area contributed by atoms with Crippen LogP contribution in [0, 0.1) is 0 Å². The zero-order chi connectivity index (χ0) is 18.8. The predicted molar refractivity (Wildman–Crippen MR) is 102 cm³/mol. The van der Waals surface area contributed by atoms with Crippen molar-refractivity contribution in [1.82, 2.24) is 4.98 Å². The first-order chi connectivity index (χ1) is 13.1. The van der Waals surface area contributed by atoms with Crippen molar-refractivity contribution in [2.45, 2.75) is 13.5 Å². The topological polar surface area (TPSA) is 81.4 Å². The van der Waals surface area contributed by atoms with Gasteiger partial charge in [0, 0.05) is 24.7 Å². The second kappa shape index (κ2) is 6.92. The van der Waals surface area contributed by atoms with E-state index >= 15 is 0 Å². The fourth-order valence-electron chi connectivity index (χ4n) is 2.73. The number of nitrogens with zero attached hydrogens (tertiary/aromatic N) is 1. The fourth-order valence-corrected chi connectivity index (χ4v) is 2.73. The minimum absolute atomic E-state index is 0.107. The Morgan fingerprint density at radius 3 is 2.67 bits per heavy atom. The smallest absolute Gasteiger partial charge is 0.221 e. The third-order valence-electron chi connectivity index (χ3n) is 4.00. The Balaban J connectivity index is 1.54. The number of anilines is 1. The van der Waals surface area contributed by atoms with Crippen LogP contribution in [0.5, 0.6) is 5.75 Å². The molecule has 0 bridgehead atoms. The third kappa shape index (κ3) is 3.79. The van der Waals surface area contributed by atoms with Crippen LogP contribution < -0.4 is 15.5 Å². The molecule has 6 nitrogen and oxygen atoms in total. The number of amides is 1. The molecule has 0 aromatic heterocycles. The molecule has 2 aromatic carbocycles. The summed E-state index contributed by atoms with van der Waals surface area (Å²) in [7, 11) is 0. The summed E-state index contributed by atoms with van der Waals surface area (Å²) in [6.45, 7) is 1.84. The molecule has 0 radical (unpaired) electrons. The summed E-state index contributed by atoms with van der Waals surface area (Å²) in [5.41, 5.74) is 3.46. The molecule has 1 aliphatic carbocycles. The van der Waals surface area contributed by atoms with Crippen LogP contribution in [0.3, 0.4) is 0 Å². The first-order valence-corrected chi connectivity index (χ1v) is 8.41. The van der Waals surface area contributed by atoms with Crippen LogP contribution in [0.15, 0.2) is 69.9 Å². The number of nitrogens with one attached hydrogen (secondary N) is 1. The van der Waals surface area contributed by atoms with E-state index in [2.05, 4.69) is 10.3 Å². The van der Waals surface area contributed by atoms with E-state index in [1.54, 1.807) is 12.1 Å². The van der Waals surface area contributed by atoms with E-state index in [9.17, 15) is 9.59 Å². The van der Waals surface area contributed by atoms with Gasteiger partial charge in [0.1, 0.15) is 23.6 Å². The number of rotatable bonds is 4. The molecule has 1 aliphatic heterocycles. The highest BCUT2D eigenvalue weighted by Crippen LogP contribution is 2.26. The molecule has 4 rings (SSSR count). The molecule has 1 amide bonds. The summed E-state index contributed by atoms with van der Waals surface area (Å²) >= 11 is 0. The van der Waals surface area contributed by atoms with Crippen molar-refractivity contribution in [1.29, 1.82) is 0 Å². The number of carbonyl (C=O) groups is 1. The van der Waals surface area contributed by atoms with Gasteiger partial charge in [-0.25, -0.2) is 4.98 Å². The zero-order valence-electron chi connectivity index (χ0n) is 14.6. The van der Waals surface area contributed by atoms with Crippen LogP contribution in [0.4, 0.5) is 5.69 Å². The van der Waals surface area contributed by atoms with Gasteiger partial charge in [-0.1, -0.05) is 12.1 Å². The summed E-state index contributed by atoms with van der Waals surface area (Å²) in [5.74, 6) is 0.974. The van der Waals surface area contributed by atoms with E-state index in [1.807, 2.05) is 36.4 Å². The van der Waals surface area contributed by atoms with E-state index in [0.29, 0.717) is 34.9 Å². The van der Waals surface area contributed by atoms with Gasteiger partial charge < -0.3 is 14.5 Å². The summed E-state index contributed by atoms with van der Waals surface area (Å²) < 4.78 is 11.6. The highest BCUT2D eigenvalue weighted by atomic mass is 16.5.